The molecule has 0 atom stereocenters. The Bertz CT molecular complexity index is 641. The molecular formula is C6H4F5O7P2S+. The van der Waals surface area contributed by atoms with Crippen LogP contribution >= 0.6 is 14.5 Å². The molecule has 0 unspecified atom stereocenters. The van der Waals surface area contributed by atoms with Crippen LogP contribution in [0.15, 0.2) is 4.90 Å². The summed E-state index contributed by atoms with van der Waals surface area (Å²) in [6.45, 7) is -5.10. The molecule has 1 aromatic carbocycles. The van der Waals surface area contributed by atoms with E-state index in [0.29, 0.717) is 0 Å². The van der Waals surface area contributed by atoms with Crippen molar-refractivity contribution in [3.8, 4) is 0 Å². The zero-order chi connectivity index (χ0) is 16.6. The molecule has 0 aliphatic carbocycles. The van der Waals surface area contributed by atoms with Crippen LogP contribution < -0.4 is 0 Å². The van der Waals surface area contributed by atoms with E-state index in [2.05, 4.69) is 9.35 Å². The average molecular weight is 377 g/mol. The molecule has 0 amide bonds. The maximum atomic E-state index is 13.2. The Morgan fingerprint density at radius 3 is 1.52 bits per heavy atom. The number of hydrogen-bond donors (Lipinski definition) is 4. The second-order valence-corrected chi connectivity index (χ2v) is 7.95. The predicted molar refractivity (Wildman–Crippen MR) is 57.4 cm³/mol. The second kappa shape index (κ2) is 6.32. The predicted octanol–water partition coefficient (Wildman–Crippen LogP) is 1.53. The first-order valence-electron chi connectivity index (χ1n) is 4.35. The van der Waals surface area contributed by atoms with Crippen LogP contribution in [0.2, 0.25) is 0 Å². The summed E-state index contributed by atoms with van der Waals surface area (Å²) in [5.74, 6) is -12.0. The van der Waals surface area contributed by atoms with Crippen LogP contribution in [0.25, 0.3) is 0 Å². The van der Waals surface area contributed by atoms with E-state index in [4.69, 9.17) is 19.6 Å². The van der Waals surface area contributed by atoms with E-state index in [1.165, 1.54) is 0 Å². The Kier molecular flexibility index (Phi) is 5.59. The molecule has 21 heavy (non-hydrogen) atoms. The Morgan fingerprint density at radius 2 is 1.14 bits per heavy atom. The van der Waals surface area contributed by atoms with Crippen molar-refractivity contribution in [3.63, 3.8) is 0 Å². The highest BCUT2D eigenvalue weighted by molar-refractivity contribution is 8.16. The summed E-state index contributed by atoms with van der Waals surface area (Å²) in [6, 6.07) is 0. The average Bonchev–Trinajstić information content (AvgIpc) is 2.36. The lowest BCUT2D eigenvalue weighted by Crippen LogP contribution is -2.05. The van der Waals surface area contributed by atoms with Crippen molar-refractivity contribution < 1.29 is 55.4 Å². The van der Waals surface area contributed by atoms with Crippen molar-refractivity contribution in [2.24, 2.45) is 0 Å². The van der Waals surface area contributed by atoms with E-state index in [9.17, 15) is 26.5 Å². The van der Waals surface area contributed by atoms with Crippen LogP contribution in [0.3, 0.4) is 0 Å². The molecule has 15 heteroatoms. The minimum atomic E-state index is -5.34. The van der Waals surface area contributed by atoms with Crippen molar-refractivity contribution in [2.45, 2.75) is 4.90 Å². The monoisotopic (exact) mass is 377 g/mol. The molecule has 0 aliphatic rings. The molecule has 0 fully saturated rings. The lowest BCUT2D eigenvalue weighted by molar-refractivity contribution is -0.132. The Labute approximate surface area is 115 Å². The molecule has 0 aliphatic heterocycles. The number of rotatable bonds is 4. The smallest absolute Gasteiger partial charge is 0.301 e. The summed E-state index contributed by atoms with van der Waals surface area (Å²) in [4.78, 5) is 32.9. The zero-order valence-electron chi connectivity index (χ0n) is 9.21. The molecule has 0 heterocycles. The molecule has 7 nitrogen and oxygen atoms in total. The Morgan fingerprint density at radius 1 is 0.762 bits per heavy atom. The first kappa shape index (κ1) is 18.6. The van der Waals surface area contributed by atoms with E-state index in [1.54, 1.807) is 0 Å². The van der Waals surface area contributed by atoms with Crippen LogP contribution in [0.1, 0.15) is 0 Å². The maximum absolute atomic E-state index is 13.2. The molecule has 1 aromatic rings. The van der Waals surface area contributed by atoms with Crippen LogP contribution in [0.4, 0.5) is 22.0 Å². The summed E-state index contributed by atoms with van der Waals surface area (Å²) >= 11 is 0. The van der Waals surface area contributed by atoms with E-state index in [0.717, 1.165) is 0 Å². The summed E-state index contributed by atoms with van der Waals surface area (Å²) in [5, 5.41) is 0. The van der Waals surface area contributed by atoms with Gasteiger partial charge in [0, 0.05) is 0 Å². The summed E-state index contributed by atoms with van der Waals surface area (Å²) < 4.78 is 81.7. The van der Waals surface area contributed by atoms with E-state index in [1.807, 2.05) is 0 Å². The fourth-order valence-electron chi connectivity index (χ4n) is 0.886. The fourth-order valence-corrected chi connectivity index (χ4v) is 3.72. The van der Waals surface area contributed by atoms with Crippen LogP contribution in [0, 0.1) is 29.1 Å². The maximum Gasteiger partial charge on any atom is 0.552 e. The highest BCUT2D eigenvalue weighted by Gasteiger charge is 2.39. The van der Waals surface area contributed by atoms with Gasteiger partial charge >= 0.3 is 19.4 Å². The lowest BCUT2D eigenvalue weighted by atomic mass is 10.3. The summed E-state index contributed by atoms with van der Waals surface area (Å²) in [6.07, 6.45) is 0. The van der Waals surface area contributed by atoms with E-state index >= 15 is 0 Å². The second-order valence-electron chi connectivity index (χ2n) is 3.12. The van der Waals surface area contributed by atoms with Crippen molar-refractivity contribution in [2.75, 3.05) is 0 Å². The van der Waals surface area contributed by atoms with Gasteiger partial charge in [0.25, 0.3) is 10.9 Å². The van der Waals surface area contributed by atoms with Gasteiger partial charge < -0.3 is 9.79 Å². The van der Waals surface area contributed by atoms with Crippen LogP contribution in [0.5, 0.6) is 0 Å². The highest BCUT2D eigenvalue weighted by atomic mass is 32.5. The molecule has 120 valence electrons. The van der Waals surface area contributed by atoms with Gasteiger partial charge in [-0.1, -0.05) is 0 Å². The van der Waals surface area contributed by atoms with E-state index in [-0.39, 0.29) is 0 Å². The topological polar surface area (TPSA) is 116 Å². The normalized spacial score (nSPS) is 12.6. The van der Waals surface area contributed by atoms with Gasteiger partial charge in [0.05, 0.1) is 0 Å². The Balaban J connectivity index is 3.35. The molecule has 0 radical (unpaired) electrons. The number of phosphoric acid groups is 1. The Hall–Kier alpha value is -0.490. The molecule has 4 N–H and O–H groups in total. The fraction of sp³-hybridized carbons (Fsp3) is 0. The number of hydrogen-bond acceptors (Lipinski definition) is 3. The SMILES string of the molecule is O=P(O)(O)OOP(O)(O)=[S+]c1c(F)c(F)c(F)c(F)c1F. The molecule has 0 saturated heterocycles. The standard InChI is InChI=1S/C6H3F5O7P2S/c7-1-2(8)4(10)6(5(11)3(1)9)21-20(15,16)18-17-19(12,13)14/h(H3-,12,13,14,15,16)/p+1. The first-order valence-corrected chi connectivity index (χ1v) is 8.91. The highest BCUT2D eigenvalue weighted by Crippen LogP contribution is 2.48. The molecule has 0 spiro atoms. The molecule has 1 rings (SSSR count). The molecule has 0 saturated carbocycles. The van der Waals surface area contributed by atoms with Crippen LogP contribution in [-0.4, -0.2) is 19.6 Å². The van der Waals surface area contributed by atoms with Gasteiger partial charge in [-0.2, -0.15) is 8.78 Å². The molecule has 0 bridgehead atoms. The van der Waals surface area contributed by atoms with Gasteiger partial charge in [0.15, 0.2) is 0 Å². The third-order valence-corrected chi connectivity index (χ3v) is 4.48. The van der Waals surface area contributed by atoms with Crippen molar-refractivity contribution >= 4 is 25.5 Å². The van der Waals surface area contributed by atoms with E-state index < -0.39 is 59.5 Å². The van der Waals surface area contributed by atoms with Gasteiger partial charge in [0.2, 0.25) is 29.1 Å². The van der Waals surface area contributed by atoms with Gasteiger partial charge in [0.1, 0.15) is 0 Å². The van der Waals surface area contributed by atoms with Crippen molar-refractivity contribution in [1.29, 1.82) is 0 Å². The first-order chi connectivity index (χ1) is 9.36. The van der Waals surface area contributed by atoms with Gasteiger partial charge in [-0.05, 0) is 0 Å². The minimum absolute atomic E-state index is 0.788. The molecular weight excluding hydrogens is 373 g/mol. The summed E-state index contributed by atoms with van der Waals surface area (Å²) in [7, 11) is -6.13. The van der Waals surface area contributed by atoms with Crippen molar-refractivity contribution in [3.05, 3.63) is 29.1 Å². The quantitative estimate of drug-likeness (QED) is 0.120. The lowest BCUT2D eigenvalue weighted by Gasteiger charge is -2.03. The number of benzene rings is 1. The van der Waals surface area contributed by atoms with Gasteiger partial charge in [-0.15, -0.1) is 9.35 Å². The minimum Gasteiger partial charge on any atom is -0.301 e. The van der Waals surface area contributed by atoms with Gasteiger partial charge in [-0.3, -0.25) is 9.79 Å². The third-order valence-electron chi connectivity index (χ3n) is 1.61. The molecule has 0 aromatic heterocycles. The van der Waals surface area contributed by atoms with Crippen molar-refractivity contribution in [1.82, 2.24) is 0 Å². The van der Waals surface area contributed by atoms with Gasteiger partial charge in [-0.25, -0.2) is 17.7 Å². The number of halogens is 5. The van der Waals surface area contributed by atoms with Crippen LogP contribution in [-0.2, 0) is 24.9 Å². The summed E-state index contributed by atoms with van der Waals surface area (Å²) in [5.41, 5.74) is 0. The zero-order valence-corrected chi connectivity index (χ0v) is 11.8. The third kappa shape index (κ3) is 4.74. The largest absolute Gasteiger partial charge is 0.552 e.